The first-order valence-corrected chi connectivity index (χ1v) is 11.6. The van der Waals surface area contributed by atoms with Crippen LogP contribution in [0.15, 0.2) is 78.2 Å². The topological polar surface area (TPSA) is 28.2 Å². The molecule has 1 aliphatic heterocycles. The van der Waals surface area contributed by atoms with E-state index in [1.165, 1.54) is 37.0 Å². The third-order valence-corrected chi connectivity index (χ3v) is 5.85. The Kier molecular flexibility index (Phi) is 8.81. The van der Waals surface area contributed by atoms with Gasteiger partial charge in [-0.2, -0.15) is 0 Å². The van der Waals surface area contributed by atoms with Crippen LogP contribution in [-0.4, -0.2) is 23.0 Å². The molecule has 1 N–H and O–H groups in total. The second kappa shape index (κ2) is 12.0. The number of rotatable bonds is 7. The number of halogens is 2. The predicted molar refractivity (Wildman–Crippen MR) is 136 cm³/mol. The van der Waals surface area contributed by atoms with Crippen LogP contribution in [0.1, 0.15) is 44.7 Å². The summed E-state index contributed by atoms with van der Waals surface area (Å²) in [6.45, 7) is 8.07. The third kappa shape index (κ3) is 5.82. The molecule has 0 bridgehead atoms. The standard InChI is InChI=1S/C27H29F2N3.C2H2/c1-3-10-25(32-17-8-5-9-18-32)23(4-2)30-26(19-13-14-19)24-16-15-22(29)27(31-24)20-11-6-7-12-21(20)28;1-2/h3-4,6-7,10-12,15-16,30H,2,5,8-9,13-14,17-18H2,1H3;1-2H/b10-3-,25-23-;. The fourth-order valence-electron chi connectivity index (χ4n) is 4.08. The lowest BCUT2D eigenvalue weighted by Crippen LogP contribution is -2.31. The van der Waals surface area contributed by atoms with Gasteiger partial charge in [0.2, 0.25) is 0 Å². The van der Waals surface area contributed by atoms with E-state index >= 15 is 0 Å². The number of aromatic nitrogens is 1. The molecule has 3 nitrogen and oxygen atoms in total. The lowest BCUT2D eigenvalue weighted by Gasteiger charge is -2.31. The van der Waals surface area contributed by atoms with Crippen molar-refractivity contribution in [3.05, 3.63) is 95.5 Å². The first kappa shape index (κ1) is 25.0. The molecule has 0 amide bonds. The van der Waals surface area contributed by atoms with Gasteiger partial charge in [-0.25, -0.2) is 13.8 Å². The number of allylic oxidation sites excluding steroid dienone is 4. The first-order valence-electron chi connectivity index (χ1n) is 11.6. The van der Waals surface area contributed by atoms with E-state index in [0.29, 0.717) is 5.69 Å². The smallest absolute Gasteiger partial charge is 0.149 e. The highest BCUT2D eigenvalue weighted by molar-refractivity contribution is 5.72. The number of nitrogens with one attached hydrogen (secondary N) is 1. The molecule has 2 fully saturated rings. The molecule has 0 atom stereocenters. The van der Waals surface area contributed by atoms with Gasteiger partial charge in [0.05, 0.1) is 22.8 Å². The minimum absolute atomic E-state index is 0.0231. The molecule has 2 aliphatic rings. The summed E-state index contributed by atoms with van der Waals surface area (Å²) in [5.41, 5.74) is 4.87. The number of terminal acetylenes is 1. The number of nitrogens with zero attached hydrogens (tertiary/aromatic N) is 2. The third-order valence-electron chi connectivity index (χ3n) is 5.85. The van der Waals surface area contributed by atoms with E-state index in [1.54, 1.807) is 24.3 Å². The zero-order chi connectivity index (χ0) is 24.5. The molecule has 34 heavy (non-hydrogen) atoms. The summed E-state index contributed by atoms with van der Waals surface area (Å²) in [7, 11) is 0. The highest BCUT2D eigenvalue weighted by Gasteiger charge is 2.23. The Balaban J connectivity index is 0.00000158. The molecule has 0 spiro atoms. The quantitative estimate of drug-likeness (QED) is 0.363. The predicted octanol–water partition coefficient (Wildman–Crippen LogP) is 6.83. The Morgan fingerprint density at radius 1 is 1.03 bits per heavy atom. The van der Waals surface area contributed by atoms with Crippen LogP contribution in [0.2, 0.25) is 0 Å². The average Bonchev–Trinajstić information content (AvgIpc) is 3.72. The van der Waals surface area contributed by atoms with Crippen LogP contribution >= 0.6 is 0 Å². The monoisotopic (exact) mass is 459 g/mol. The van der Waals surface area contributed by atoms with Gasteiger partial charge in [0, 0.05) is 18.7 Å². The molecule has 1 saturated heterocycles. The van der Waals surface area contributed by atoms with E-state index in [-0.39, 0.29) is 11.3 Å². The minimum atomic E-state index is -0.540. The van der Waals surface area contributed by atoms with Crippen molar-refractivity contribution in [3.63, 3.8) is 0 Å². The molecular weight excluding hydrogens is 428 g/mol. The second-order valence-corrected chi connectivity index (χ2v) is 8.16. The van der Waals surface area contributed by atoms with Crippen molar-refractivity contribution in [2.24, 2.45) is 0 Å². The molecule has 1 aromatic heterocycles. The van der Waals surface area contributed by atoms with Crippen LogP contribution < -0.4 is 5.32 Å². The van der Waals surface area contributed by atoms with Crippen LogP contribution in [0.25, 0.3) is 17.0 Å². The van der Waals surface area contributed by atoms with Crippen molar-refractivity contribution in [1.29, 1.82) is 0 Å². The summed E-state index contributed by atoms with van der Waals surface area (Å²) in [5.74, 6) is -1.03. The largest absolute Gasteiger partial charge is 0.370 e. The molecule has 4 rings (SSSR count). The van der Waals surface area contributed by atoms with Gasteiger partial charge in [-0.15, -0.1) is 12.8 Å². The van der Waals surface area contributed by atoms with Crippen molar-refractivity contribution in [2.45, 2.75) is 39.0 Å². The van der Waals surface area contributed by atoms with Gasteiger partial charge in [-0.1, -0.05) is 24.8 Å². The first-order chi connectivity index (χ1) is 16.6. The zero-order valence-corrected chi connectivity index (χ0v) is 19.7. The summed E-state index contributed by atoms with van der Waals surface area (Å²) in [4.78, 5) is 6.93. The molecular formula is C29H31F2N3. The lowest BCUT2D eigenvalue weighted by atomic mass is 10.1. The molecule has 2 heterocycles. The second-order valence-electron chi connectivity index (χ2n) is 8.16. The number of benzene rings is 1. The van der Waals surface area contributed by atoms with Crippen molar-refractivity contribution in [3.8, 4) is 24.1 Å². The van der Waals surface area contributed by atoms with E-state index in [0.717, 1.165) is 43.0 Å². The Morgan fingerprint density at radius 2 is 1.74 bits per heavy atom. The molecule has 1 aromatic carbocycles. The van der Waals surface area contributed by atoms with E-state index in [9.17, 15) is 8.78 Å². The van der Waals surface area contributed by atoms with Gasteiger partial charge in [-0.3, -0.25) is 0 Å². The number of pyridine rings is 1. The number of hydrogen-bond donors (Lipinski definition) is 1. The van der Waals surface area contributed by atoms with Crippen molar-refractivity contribution >= 4 is 5.70 Å². The Morgan fingerprint density at radius 3 is 2.35 bits per heavy atom. The maximum absolute atomic E-state index is 14.6. The number of likely N-dealkylation sites (tertiary alicyclic amines) is 1. The summed E-state index contributed by atoms with van der Waals surface area (Å²) in [5, 5.41) is 3.55. The van der Waals surface area contributed by atoms with E-state index in [2.05, 4.69) is 40.7 Å². The van der Waals surface area contributed by atoms with Gasteiger partial charge < -0.3 is 10.2 Å². The SMILES string of the molecule is C#C.C=C/C(NC(=C1CC1)c1ccc(F)c(-c2ccccc2F)n1)=C(\C=C/C)N1CCCCC1. The number of piperidine rings is 1. The Bertz CT molecular complexity index is 1130. The van der Waals surface area contributed by atoms with Crippen molar-refractivity contribution in [1.82, 2.24) is 15.2 Å². The summed E-state index contributed by atoms with van der Waals surface area (Å²) in [6, 6.07) is 9.17. The zero-order valence-electron chi connectivity index (χ0n) is 19.7. The summed E-state index contributed by atoms with van der Waals surface area (Å²) < 4.78 is 29.0. The maximum Gasteiger partial charge on any atom is 0.149 e. The Labute approximate surface area is 201 Å². The van der Waals surface area contributed by atoms with Gasteiger partial charge in [0.25, 0.3) is 0 Å². The van der Waals surface area contributed by atoms with Crippen LogP contribution in [0, 0.1) is 24.5 Å². The summed E-state index contributed by atoms with van der Waals surface area (Å²) in [6.07, 6.45) is 19.5. The molecule has 0 unspecified atom stereocenters. The van der Waals surface area contributed by atoms with Crippen LogP contribution in [0.4, 0.5) is 8.78 Å². The van der Waals surface area contributed by atoms with E-state index < -0.39 is 11.6 Å². The maximum atomic E-state index is 14.6. The van der Waals surface area contributed by atoms with Crippen LogP contribution in [0.3, 0.4) is 0 Å². The van der Waals surface area contributed by atoms with E-state index in [4.69, 9.17) is 0 Å². The minimum Gasteiger partial charge on any atom is -0.370 e. The number of hydrogen-bond acceptors (Lipinski definition) is 3. The van der Waals surface area contributed by atoms with Gasteiger partial charge in [0.15, 0.2) is 0 Å². The highest BCUT2D eigenvalue weighted by Crippen LogP contribution is 2.36. The van der Waals surface area contributed by atoms with Crippen LogP contribution in [-0.2, 0) is 0 Å². The molecule has 1 saturated carbocycles. The fourth-order valence-corrected chi connectivity index (χ4v) is 4.08. The Hall–Kier alpha value is -3.65. The van der Waals surface area contributed by atoms with Crippen molar-refractivity contribution in [2.75, 3.05) is 13.1 Å². The fraction of sp³-hybridized carbons (Fsp3) is 0.276. The molecule has 1 aliphatic carbocycles. The average molecular weight is 460 g/mol. The molecule has 176 valence electrons. The van der Waals surface area contributed by atoms with E-state index in [1.807, 2.05) is 19.1 Å². The van der Waals surface area contributed by atoms with Crippen molar-refractivity contribution < 1.29 is 8.78 Å². The molecule has 5 heteroatoms. The lowest BCUT2D eigenvalue weighted by molar-refractivity contribution is 0.290. The molecule has 0 radical (unpaired) electrons. The van der Waals surface area contributed by atoms with Gasteiger partial charge in [-0.05, 0) is 81.0 Å². The van der Waals surface area contributed by atoms with Gasteiger partial charge in [0.1, 0.15) is 17.3 Å². The summed E-state index contributed by atoms with van der Waals surface area (Å²) >= 11 is 0. The van der Waals surface area contributed by atoms with Gasteiger partial charge >= 0.3 is 0 Å². The highest BCUT2D eigenvalue weighted by atomic mass is 19.1. The van der Waals surface area contributed by atoms with Crippen LogP contribution in [0.5, 0.6) is 0 Å². The normalized spacial score (nSPS) is 15.8. The molecule has 2 aromatic rings.